The molecular formula is C20H23N3O5. The van der Waals surface area contributed by atoms with Crippen LogP contribution in [0.25, 0.3) is 0 Å². The largest absolute Gasteiger partial charge is 0.392 e. The lowest BCUT2D eigenvalue weighted by Crippen LogP contribution is -2.55. The molecule has 0 bridgehead atoms. The molecule has 0 radical (unpaired) electrons. The zero-order valence-electron chi connectivity index (χ0n) is 15.6. The summed E-state index contributed by atoms with van der Waals surface area (Å²) in [5.74, 6) is -2.73. The first-order valence-corrected chi connectivity index (χ1v) is 9.78. The Kier molecular flexibility index (Phi) is 3.88. The number of para-hydroxylation sites is 1. The third kappa shape index (κ3) is 2.19. The van der Waals surface area contributed by atoms with Crippen LogP contribution in [0.4, 0.5) is 5.69 Å². The summed E-state index contributed by atoms with van der Waals surface area (Å²) in [7, 11) is 0. The van der Waals surface area contributed by atoms with Crippen LogP contribution in [-0.4, -0.2) is 59.1 Å². The van der Waals surface area contributed by atoms with Gasteiger partial charge in [0.2, 0.25) is 17.7 Å². The van der Waals surface area contributed by atoms with Crippen molar-refractivity contribution in [3.63, 3.8) is 0 Å². The van der Waals surface area contributed by atoms with Crippen molar-refractivity contribution in [2.75, 3.05) is 18.5 Å². The van der Waals surface area contributed by atoms with E-state index in [1.54, 1.807) is 25.1 Å². The van der Waals surface area contributed by atoms with E-state index in [-0.39, 0.29) is 30.4 Å². The minimum absolute atomic E-state index is 0.162. The number of hydrogen-bond donors (Lipinski definition) is 3. The Balaban J connectivity index is 1.59. The molecule has 28 heavy (non-hydrogen) atoms. The van der Waals surface area contributed by atoms with Gasteiger partial charge in [-0.25, -0.2) is 0 Å². The molecule has 8 heteroatoms. The lowest BCUT2D eigenvalue weighted by atomic mass is 9.76. The highest BCUT2D eigenvalue weighted by molar-refractivity contribution is 6.15. The molecule has 3 saturated heterocycles. The summed E-state index contributed by atoms with van der Waals surface area (Å²) in [6, 6.07) is 6.50. The predicted molar refractivity (Wildman–Crippen MR) is 98.0 cm³/mol. The molecule has 3 amide bonds. The highest BCUT2D eigenvalue weighted by Crippen LogP contribution is 2.53. The highest BCUT2D eigenvalue weighted by atomic mass is 16.5. The van der Waals surface area contributed by atoms with E-state index in [0.717, 1.165) is 12.8 Å². The maximum Gasteiger partial charge on any atom is 0.250 e. The Hall–Kier alpha value is -2.29. The lowest BCUT2D eigenvalue weighted by molar-refractivity contribution is -0.144. The number of aliphatic hydroxyl groups excluding tert-OH is 1. The Labute approximate surface area is 162 Å². The lowest BCUT2D eigenvalue weighted by Gasteiger charge is -2.30. The van der Waals surface area contributed by atoms with Crippen LogP contribution in [0, 0.1) is 11.8 Å². The molecule has 3 N–H and O–H groups in total. The van der Waals surface area contributed by atoms with Crippen LogP contribution < -0.4 is 10.6 Å². The van der Waals surface area contributed by atoms with Gasteiger partial charge in [-0.2, -0.15) is 0 Å². The topological polar surface area (TPSA) is 108 Å². The van der Waals surface area contributed by atoms with E-state index in [0.29, 0.717) is 17.9 Å². The normalized spacial score (nSPS) is 37.5. The molecule has 0 unspecified atom stereocenters. The fourth-order valence-electron chi connectivity index (χ4n) is 5.33. The molecule has 1 aromatic carbocycles. The number of nitrogens with one attached hydrogen (secondary N) is 2. The molecule has 3 fully saturated rings. The number of anilines is 1. The van der Waals surface area contributed by atoms with Gasteiger partial charge in [0.1, 0.15) is 5.54 Å². The number of ether oxygens (including phenoxy) is 1. The number of likely N-dealkylation sites (tertiary alicyclic amines) is 1. The Morgan fingerprint density at radius 3 is 2.79 bits per heavy atom. The van der Waals surface area contributed by atoms with Gasteiger partial charge in [-0.15, -0.1) is 0 Å². The quantitative estimate of drug-likeness (QED) is 0.631. The molecule has 0 aliphatic carbocycles. The smallest absolute Gasteiger partial charge is 0.250 e. The molecule has 4 heterocycles. The van der Waals surface area contributed by atoms with Crippen molar-refractivity contribution in [1.29, 1.82) is 0 Å². The van der Waals surface area contributed by atoms with Crippen LogP contribution in [0.15, 0.2) is 24.3 Å². The Morgan fingerprint density at radius 2 is 2.07 bits per heavy atom. The number of amides is 3. The zero-order chi connectivity index (χ0) is 19.6. The van der Waals surface area contributed by atoms with E-state index in [4.69, 9.17) is 4.74 Å². The van der Waals surface area contributed by atoms with Gasteiger partial charge in [-0.1, -0.05) is 18.2 Å². The Bertz CT molecular complexity index is 865. The second-order valence-electron chi connectivity index (χ2n) is 8.14. The molecule has 1 aromatic rings. The number of benzene rings is 1. The summed E-state index contributed by atoms with van der Waals surface area (Å²) in [5.41, 5.74) is -0.0675. The summed E-state index contributed by atoms with van der Waals surface area (Å²) < 4.78 is 5.61. The van der Waals surface area contributed by atoms with E-state index in [1.807, 2.05) is 6.07 Å². The molecule has 0 aromatic heterocycles. The fraction of sp³-hybridized carbons (Fsp3) is 0.550. The minimum Gasteiger partial charge on any atom is -0.392 e. The van der Waals surface area contributed by atoms with Gasteiger partial charge in [-0.05, 0) is 25.8 Å². The van der Waals surface area contributed by atoms with Crippen LogP contribution >= 0.6 is 0 Å². The van der Waals surface area contributed by atoms with E-state index < -0.39 is 29.5 Å². The number of aliphatic hydroxyl groups is 1. The molecular weight excluding hydrogens is 362 g/mol. The first kappa shape index (κ1) is 17.8. The summed E-state index contributed by atoms with van der Waals surface area (Å²) in [6.45, 7) is 2.41. The Morgan fingerprint density at radius 1 is 1.29 bits per heavy atom. The average Bonchev–Trinajstić information content (AvgIpc) is 3.41. The van der Waals surface area contributed by atoms with Crippen LogP contribution in [0.5, 0.6) is 0 Å². The van der Waals surface area contributed by atoms with E-state index in [2.05, 4.69) is 10.6 Å². The van der Waals surface area contributed by atoms with Crippen LogP contribution in [0.3, 0.4) is 0 Å². The van der Waals surface area contributed by atoms with Crippen LogP contribution in [-0.2, 0) is 24.7 Å². The number of imide groups is 1. The van der Waals surface area contributed by atoms with Crippen molar-refractivity contribution >= 4 is 23.4 Å². The zero-order valence-corrected chi connectivity index (χ0v) is 15.6. The van der Waals surface area contributed by atoms with Crippen molar-refractivity contribution in [1.82, 2.24) is 10.2 Å². The fourth-order valence-corrected chi connectivity index (χ4v) is 5.33. The molecule has 6 atom stereocenters. The molecule has 4 aliphatic rings. The second-order valence-corrected chi connectivity index (χ2v) is 8.14. The van der Waals surface area contributed by atoms with Crippen molar-refractivity contribution in [2.24, 2.45) is 11.8 Å². The number of fused-ring (bicyclic) bond motifs is 4. The predicted octanol–water partition coefficient (Wildman–Crippen LogP) is -0.0332. The monoisotopic (exact) mass is 385 g/mol. The summed E-state index contributed by atoms with van der Waals surface area (Å²) in [4.78, 5) is 41.0. The van der Waals surface area contributed by atoms with Crippen LogP contribution in [0.2, 0.25) is 0 Å². The maximum atomic E-state index is 13.4. The SMILES string of the molecule is C[C@H](O)[C@@H]1N[C@]2(C(=O)Nc3ccccc32)[C@@H]2C(=O)N(C[C@@H]3CCCO3)C(=O)[C@@H]12. The van der Waals surface area contributed by atoms with Gasteiger partial charge >= 0.3 is 0 Å². The molecule has 4 aliphatic heterocycles. The second kappa shape index (κ2) is 6.10. The molecule has 0 saturated carbocycles. The summed E-state index contributed by atoms with van der Waals surface area (Å²) in [5, 5.41) is 16.4. The average molecular weight is 385 g/mol. The number of hydrogen-bond acceptors (Lipinski definition) is 6. The summed E-state index contributed by atoms with van der Waals surface area (Å²) in [6.07, 6.45) is 0.654. The van der Waals surface area contributed by atoms with E-state index in [9.17, 15) is 19.5 Å². The van der Waals surface area contributed by atoms with E-state index in [1.165, 1.54) is 4.90 Å². The first-order valence-electron chi connectivity index (χ1n) is 9.78. The molecule has 148 valence electrons. The van der Waals surface area contributed by atoms with Crippen molar-refractivity contribution < 1.29 is 24.2 Å². The standard InChI is InChI=1S/C20H23N3O5/c1-10(24)16-14-15(18(26)23(17(14)25)9-11-5-4-8-28-11)20(22-16)12-6-2-3-7-13(12)21-19(20)27/h2-3,6-7,10-11,14-16,22,24H,4-5,8-9H2,1H3,(H,21,27)/t10-,11-,14+,15-,16-,20-/m0/s1. The third-order valence-electron chi connectivity index (χ3n) is 6.58. The third-order valence-corrected chi connectivity index (χ3v) is 6.58. The van der Waals surface area contributed by atoms with Crippen molar-refractivity contribution in [3.8, 4) is 0 Å². The maximum absolute atomic E-state index is 13.4. The van der Waals surface area contributed by atoms with Gasteiger partial charge in [0.05, 0.1) is 30.6 Å². The van der Waals surface area contributed by atoms with Gasteiger partial charge < -0.3 is 15.2 Å². The first-order chi connectivity index (χ1) is 13.4. The van der Waals surface area contributed by atoms with Gasteiger partial charge in [0.15, 0.2) is 0 Å². The molecule has 5 rings (SSSR count). The van der Waals surface area contributed by atoms with Crippen molar-refractivity contribution in [3.05, 3.63) is 29.8 Å². The number of nitrogens with zero attached hydrogens (tertiary/aromatic N) is 1. The minimum atomic E-state index is -1.35. The van der Waals surface area contributed by atoms with Gasteiger partial charge in [0.25, 0.3) is 0 Å². The molecule has 1 spiro atoms. The molecule has 8 nitrogen and oxygen atoms in total. The van der Waals surface area contributed by atoms with Crippen molar-refractivity contribution in [2.45, 2.75) is 43.6 Å². The number of carbonyl (C=O) groups is 3. The number of carbonyl (C=O) groups excluding carboxylic acids is 3. The number of rotatable bonds is 3. The highest BCUT2D eigenvalue weighted by Gasteiger charge is 2.71. The van der Waals surface area contributed by atoms with E-state index >= 15 is 0 Å². The van der Waals surface area contributed by atoms with Gasteiger partial charge in [-0.3, -0.25) is 24.6 Å². The van der Waals surface area contributed by atoms with Crippen LogP contribution in [0.1, 0.15) is 25.3 Å². The summed E-state index contributed by atoms with van der Waals surface area (Å²) >= 11 is 0. The van der Waals surface area contributed by atoms with Gasteiger partial charge in [0, 0.05) is 23.9 Å².